The highest BCUT2D eigenvalue weighted by molar-refractivity contribution is 4.72. The van der Waals surface area contributed by atoms with Crippen LogP contribution in [0.1, 0.15) is 27.7 Å². The van der Waals surface area contributed by atoms with Gasteiger partial charge in [0.25, 0.3) is 0 Å². The molecule has 110 valence electrons. The zero-order chi connectivity index (χ0) is 14.0. The van der Waals surface area contributed by atoms with Crippen LogP contribution in [-0.2, 0) is 14.2 Å². The summed E-state index contributed by atoms with van der Waals surface area (Å²) in [6, 6.07) is 0. The largest absolute Gasteiger partial charge is 0.389 e. The lowest BCUT2D eigenvalue weighted by atomic mass is 10.1. The Morgan fingerprint density at radius 2 is 1.89 bits per heavy atom. The highest BCUT2D eigenvalue weighted by Crippen LogP contribution is 2.04. The van der Waals surface area contributed by atoms with Gasteiger partial charge in [-0.3, -0.25) is 0 Å². The molecule has 0 spiro atoms. The number of ether oxygens (including phenoxy) is 3. The van der Waals surface area contributed by atoms with Crippen LogP contribution in [0.15, 0.2) is 0 Å². The molecule has 0 aromatic carbocycles. The molecule has 0 aromatic rings. The maximum atomic E-state index is 9.66. The second kappa shape index (κ2) is 9.69. The van der Waals surface area contributed by atoms with Crippen LogP contribution in [0.4, 0.5) is 0 Å². The second-order valence-electron chi connectivity index (χ2n) is 5.24. The minimum Gasteiger partial charge on any atom is -0.389 e. The van der Waals surface area contributed by atoms with E-state index in [1.54, 1.807) is 7.11 Å². The Balaban J connectivity index is 3.40. The SMILES string of the molecule is COC(C)(C)CNCC(O)COCCOC(C)C. The maximum Gasteiger partial charge on any atom is 0.0897 e. The third kappa shape index (κ3) is 10.9. The molecule has 0 aliphatic heterocycles. The Bertz CT molecular complexity index is 197. The van der Waals surface area contributed by atoms with Crippen LogP contribution in [0.2, 0.25) is 0 Å². The lowest BCUT2D eigenvalue weighted by molar-refractivity contribution is -0.0133. The van der Waals surface area contributed by atoms with Gasteiger partial charge in [-0.1, -0.05) is 0 Å². The molecule has 0 aliphatic rings. The summed E-state index contributed by atoms with van der Waals surface area (Å²) in [7, 11) is 1.68. The van der Waals surface area contributed by atoms with Crippen LogP contribution in [0, 0.1) is 0 Å². The average Bonchev–Trinajstić information content (AvgIpc) is 2.28. The minimum atomic E-state index is -0.503. The van der Waals surface area contributed by atoms with Crippen LogP contribution < -0.4 is 5.32 Å². The molecule has 0 aliphatic carbocycles. The molecule has 0 fully saturated rings. The molecule has 0 saturated heterocycles. The van der Waals surface area contributed by atoms with Crippen molar-refractivity contribution < 1.29 is 19.3 Å². The standard InChI is InChI=1S/C13H29NO4/c1-11(2)18-7-6-17-9-12(15)8-14-10-13(3,4)16-5/h11-12,14-15H,6-10H2,1-5H3. The highest BCUT2D eigenvalue weighted by atomic mass is 16.5. The summed E-state index contributed by atoms with van der Waals surface area (Å²) in [5, 5.41) is 12.8. The van der Waals surface area contributed by atoms with Gasteiger partial charge in [0.15, 0.2) is 0 Å². The van der Waals surface area contributed by atoms with Gasteiger partial charge in [0.2, 0.25) is 0 Å². The lowest BCUT2D eigenvalue weighted by Crippen LogP contribution is -2.41. The number of aliphatic hydroxyl groups excluding tert-OH is 1. The first-order valence-electron chi connectivity index (χ1n) is 6.50. The summed E-state index contributed by atoms with van der Waals surface area (Å²) < 4.78 is 15.9. The molecule has 0 heterocycles. The first-order chi connectivity index (χ1) is 8.37. The summed E-state index contributed by atoms with van der Waals surface area (Å²) in [5.41, 5.74) is -0.217. The van der Waals surface area contributed by atoms with Crippen LogP contribution in [0.3, 0.4) is 0 Å². The number of rotatable bonds is 11. The van der Waals surface area contributed by atoms with E-state index in [-0.39, 0.29) is 11.7 Å². The monoisotopic (exact) mass is 263 g/mol. The van der Waals surface area contributed by atoms with Gasteiger partial charge in [0.1, 0.15) is 0 Å². The molecule has 0 aromatic heterocycles. The topological polar surface area (TPSA) is 60.0 Å². The van der Waals surface area contributed by atoms with Gasteiger partial charge in [0.05, 0.1) is 37.6 Å². The van der Waals surface area contributed by atoms with Crippen LogP contribution >= 0.6 is 0 Å². The molecule has 5 nitrogen and oxygen atoms in total. The van der Waals surface area contributed by atoms with Crippen molar-refractivity contribution in [3.8, 4) is 0 Å². The molecule has 18 heavy (non-hydrogen) atoms. The Morgan fingerprint density at radius 3 is 2.44 bits per heavy atom. The van der Waals surface area contributed by atoms with Crippen molar-refractivity contribution in [1.29, 1.82) is 0 Å². The molecule has 0 radical (unpaired) electrons. The Kier molecular flexibility index (Phi) is 9.59. The van der Waals surface area contributed by atoms with E-state index in [1.165, 1.54) is 0 Å². The minimum absolute atomic E-state index is 0.217. The number of nitrogens with one attached hydrogen (secondary N) is 1. The van der Waals surface area contributed by atoms with E-state index in [1.807, 2.05) is 27.7 Å². The van der Waals surface area contributed by atoms with E-state index in [4.69, 9.17) is 14.2 Å². The van der Waals surface area contributed by atoms with Gasteiger partial charge in [-0.05, 0) is 27.7 Å². The molecular weight excluding hydrogens is 234 g/mol. The van der Waals surface area contributed by atoms with Crippen molar-refractivity contribution in [2.75, 3.05) is 40.0 Å². The summed E-state index contributed by atoms with van der Waals surface area (Å²) in [6.45, 7) is 10.5. The summed E-state index contributed by atoms with van der Waals surface area (Å²) in [5.74, 6) is 0. The van der Waals surface area contributed by atoms with Crippen LogP contribution in [-0.4, -0.2) is 62.9 Å². The number of methoxy groups -OCH3 is 1. The summed E-state index contributed by atoms with van der Waals surface area (Å²) in [6.07, 6.45) is -0.284. The van der Waals surface area contributed by atoms with Gasteiger partial charge in [-0.25, -0.2) is 0 Å². The number of hydrogen-bond acceptors (Lipinski definition) is 5. The molecule has 5 heteroatoms. The van der Waals surface area contributed by atoms with E-state index < -0.39 is 6.10 Å². The summed E-state index contributed by atoms with van der Waals surface area (Å²) in [4.78, 5) is 0. The fraction of sp³-hybridized carbons (Fsp3) is 1.00. The number of aliphatic hydroxyl groups is 1. The van der Waals surface area contributed by atoms with E-state index in [0.29, 0.717) is 32.9 Å². The predicted molar refractivity (Wildman–Crippen MR) is 71.9 cm³/mol. The Morgan fingerprint density at radius 1 is 1.22 bits per heavy atom. The molecule has 1 unspecified atom stereocenters. The lowest BCUT2D eigenvalue weighted by Gasteiger charge is -2.24. The third-order valence-corrected chi connectivity index (χ3v) is 2.47. The van der Waals surface area contributed by atoms with Crippen LogP contribution in [0.25, 0.3) is 0 Å². The second-order valence-corrected chi connectivity index (χ2v) is 5.24. The summed E-state index contributed by atoms with van der Waals surface area (Å²) >= 11 is 0. The van der Waals surface area contributed by atoms with Crippen molar-refractivity contribution in [2.24, 2.45) is 0 Å². The predicted octanol–water partition coefficient (Wildman–Crippen LogP) is 0.804. The Labute approximate surface area is 111 Å². The molecule has 0 saturated carbocycles. The highest BCUT2D eigenvalue weighted by Gasteiger charge is 2.16. The molecule has 0 rings (SSSR count). The van der Waals surface area contributed by atoms with Gasteiger partial charge in [0, 0.05) is 20.2 Å². The zero-order valence-corrected chi connectivity index (χ0v) is 12.4. The van der Waals surface area contributed by atoms with Crippen molar-refractivity contribution in [3.05, 3.63) is 0 Å². The van der Waals surface area contributed by atoms with E-state index in [9.17, 15) is 5.11 Å². The zero-order valence-electron chi connectivity index (χ0n) is 12.4. The van der Waals surface area contributed by atoms with Crippen molar-refractivity contribution in [3.63, 3.8) is 0 Å². The van der Waals surface area contributed by atoms with E-state index in [0.717, 1.165) is 0 Å². The molecule has 0 bridgehead atoms. The molecule has 0 amide bonds. The fourth-order valence-electron chi connectivity index (χ4n) is 1.23. The maximum absolute atomic E-state index is 9.66. The van der Waals surface area contributed by atoms with Crippen molar-refractivity contribution >= 4 is 0 Å². The fourth-order valence-corrected chi connectivity index (χ4v) is 1.23. The van der Waals surface area contributed by atoms with E-state index in [2.05, 4.69) is 5.32 Å². The smallest absolute Gasteiger partial charge is 0.0897 e. The average molecular weight is 263 g/mol. The first-order valence-corrected chi connectivity index (χ1v) is 6.50. The van der Waals surface area contributed by atoms with E-state index >= 15 is 0 Å². The first kappa shape index (κ1) is 17.8. The van der Waals surface area contributed by atoms with Crippen molar-refractivity contribution in [1.82, 2.24) is 5.32 Å². The van der Waals surface area contributed by atoms with Crippen molar-refractivity contribution in [2.45, 2.75) is 45.5 Å². The van der Waals surface area contributed by atoms with Crippen LogP contribution in [0.5, 0.6) is 0 Å². The molecule has 1 atom stereocenters. The quantitative estimate of drug-likeness (QED) is 0.540. The van der Waals surface area contributed by atoms with Gasteiger partial charge < -0.3 is 24.6 Å². The molecule has 2 N–H and O–H groups in total. The molecular formula is C13H29NO4. The number of hydrogen-bond donors (Lipinski definition) is 2. The van der Waals surface area contributed by atoms with Gasteiger partial charge >= 0.3 is 0 Å². The third-order valence-electron chi connectivity index (χ3n) is 2.47. The van der Waals surface area contributed by atoms with Gasteiger partial charge in [-0.2, -0.15) is 0 Å². The Hall–Kier alpha value is -0.200. The van der Waals surface area contributed by atoms with Gasteiger partial charge in [-0.15, -0.1) is 0 Å². The normalized spacial score (nSPS) is 14.2.